The molecule has 5 rings (SSSR count). The minimum Gasteiger partial charge on any atom is -0.486 e. The van der Waals surface area contributed by atoms with E-state index < -0.39 is 0 Å². The van der Waals surface area contributed by atoms with E-state index in [2.05, 4.69) is 52.8 Å². The number of hydrogen-bond donors (Lipinski definition) is 3. The SMILES string of the molecule is CC(C)(C)NC/C=C/C(=O)Nc1cc2c(Nc3ccc(OCc4ccccn4)c(Cl)c3)c(C#N)cnc2cc1O[C@H]1CCOC1. The molecule has 232 valence electrons. The van der Waals surface area contributed by atoms with Crippen LogP contribution in [0.15, 0.2) is 73.1 Å². The molecule has 0 bridgehead atoms. The highest BCUT2D eigenvalue weighted by molar-refractivity contribution is 6.32. The van der Waals surface area contributed by atoms with Gasteiger partial charge < -0.3 is 30.2 Å². The van der Waals surface area contributed by atoms with Gasteiger partial charge in [-0.1, -0.05) is 23.7 Å². The molecule has 3 heterocycles. The van der Waals surface area contributed by atoms with E-state index in [9.17, 15) is 10.1 Å². The van der Waals surface area contributed by atoms with Gasteiger partial charge in [-0.3, -0.25) is 14.8 Å². The van der Waals surface area contributed by atoms with Gasteiger partial charge in [-0.15, -0.1) is 0 Å². The van der Waals surface area contributed by atoms with Crippen molar-refractivity contribution < 1.29 is 19.0 Å². The number of hydrogen-bond acceptors (Lipinski definition) is 9. The van der Waals surface area contributed by atoms with Gasteiger partial charge >= 0.3 is 0 Å². The minimum absolute atomic E-state index is 0.0738. The number of halogens is 1. The van der Waals surface area contributed by atoms with Crippen LogP contribution < -0.4 is 25.4 Å². The summed E-state index contributed by atoms with van der Waals surface area (Å²) >= 11 is 6.57. The Bertz CT molecular complexity index is 1730. The molecule has 1 saturated heterocycles. The van der Waals surface area contributed by atoms with E-state index in [1.807, 2.05) is 24.3 Å². The van der Waals surface area contributed by atoms with Crippen molar-refractivity contribution >= 4 is 45.5 Å². The van der Waals surface area contributed by atoms with E-state index >= 15 is 0 Å². The quantitative estimate of drug-likeness (QED) is 0.159. The van der Waals surface area contributed by atoms with E-state index in [1.54, 1.807) is 36.5 Å². The molecule has 0 unspecified atom stereocenters. The van der Waals surface area contributed by atoms with E-state index in [4.69, 9.17) is 25.8 Å². The van der Waals surface area contributed by atoms with Gasteiger partial charge in [0.2, 0.25) is 5.91 Å². The molecular weight excluding hydrogens is 592 g/mol. The number of aromatic nitrogens is 2. The molecule has 0 radical (unpaired) electrons. The Morgan fingerprint density at radius 2 is 2.04 bits per heavy atom. The van der Waals surface area contributed by atoms with Gasteiger partial charge in [-0.05, 0) is 57.2 Å². The summed E-state index contributed by atoms with van der Waals surface area (Å²) in [7, 11) is 0. The number of pyridine rings is 2. The molecule has 1 aliphatic heterocycles. The number of amides is 1. The van der Waals surface area contributed by atoms with Crippen molar-refractivity contribution in [3.05, 3.63) is 89.4 Å². The number of ether oxygens (including phenoxy) is 3. The first-order valence-electron chi connectivity index (χ1n) is 14.6. The summed E-state index contributed by atoms with van der Waals surface area (Å²) in [6.45, 7) is 8.05. The highest BCUT2D eigenvalue weighted by Crippen LogP contribution is 2.38. The summed E-state index contributed by atoms with van der Waals surface area (Å²) in [5.74, 6) is 0.652. The summed E-state index contributed by atoms with van der Waals surface area (Å²) in [6, 6.07) is 16.6. The van der Waals surface area contributed by atoms with Crippen LogP contribution in [0.3, 0.4) is 0 Å². The lowest BCUT2D eigenvalue weighted by molar-refractivity contribution is -0.111. The van der Waals surface area contributed by atoms with E-state index in [-0.39, 0.29) is 24.2 Å². The molecule has 1 atom stereocenters. The fraction of sp³-hybridized carbons (Fsp3) is 0.294. The molecule has 2 aromatic carbocycles. The van der Waals surface area contributed by atoms with Crippen LogP contribution in [-0.2, 0) is 16.1 Å². The van der Waals surface area contributed by atoms with Gasteiger partial charge in [0, 0.05) is 54.1 Å². The monoisotopic (exact) mass is 626 g/mol. The van der Waals surface area contributed by atoms with Gasteiger partial charge in [-0.2, -0.15) is 5.26 Å². The summed E-state index contributed by atoms with van der Waals surface area (Å²) in [5, 5.41) is 20.6. The van der Waals surface area contributed by atoms with Crippen LogP contribution in [0.25, 0.3) is 10.9 Å². The summed E-state index contributed by atoms with van der Waals surface area (Å²) in [5.41, 5.74) is 3.20. The fourth-order valence-electron chi connectivity index (χ4n) is 4.60. The molecule has 4 aromatic rings. The first-order valence-corrected chi connectivity index (χ1v) is 15.0. The van der Waals surface area contributed by atoms with Crippen molar-refractivity contribution in [3.8, 4) is 17.6 Å². The predicted molar refractivity (Wildman–Crippen MR) is 175 cm³/mol. The molecule has 11 heteroatoms. The number of carbonyl (C=O) groups excluding carboxylic acids is 1. The average molecular weight is 627 g/mol. The van der Waals surface area contributed by atoms with Crippen LogP contribution in [0.2, 0.25) is 5.02 Å². The molecule has 1 aliphatic rings. The van der Waals surface area contributed by atoms with E-state index in [0.717, 1.165) is 12.1 Å². The van der Waals surface area contributed by atoms with Gasteiger partial charge in [-0.25, -0.2) is 0 Å². The Morgan fingerprint density at radius 3 is 2.76 bits per heavy atom. The van der Waals surface area contributed by atoms with Crippen LogP contribution in [0.4, 0.5) is 17.1 Å². The first kappa shape index (κ1) is 31.7. The highest BCUT2D eigenvalue weighted by Gasteiger charge is 2.21. The molecule has 0 saturated carbocycles. The molecule has 2 aromatic heterocycles. The molecule has 0 aliphatic carbocycles. The van der Waals surface area contributed by atoms with Crippen molar-refractivity contribution in [2.24, 2.45) is 0 Å². The molecule has 3 N–H and O–H groups in total. The van der Waals surface area contributed by atoms with Gasteiger partial charge in [0.15, 0.2) is 0 Å². The zero-order valence-electron chi connectivity index (χ0n) is 25.4. The number of carbonyl (C=O) groups is 1. The van der Waals surface area contributed by atoms with Crippen molar-refractivity contribution in [1.29, 1.82) is 5.26 Å². The van der Waals surface area contributed by atoms with E-state index in [1.165, 1.54) is 12.3 Å². The number of fused-ring (bicyclic) bond motifs is 1. The molecule has 0 spiro atoms. The van der Waals surface area contributed by atoms with Gasteiger partial charge in [0.05, 0.1) is 46.4 Å². The Hall–Kier alpha value is -4.69. The molecule has 45 heavy (non-hydrogen) atoms. The third-order valence-electron chi connectivity index (χ3n) is 6.85. The molecule has 1 fully saturated rings. The fourth-order valence-corrected chi connectivity index (χ4v) is 4.84. The zero-order valence-corrected chi connectivity index (χ0v) is 26.1. The second-order valence-electron chi connectivity index (χ2n) is 11.5. The van der Waals surface area contributed by atoms with Gasteiger partial charge in [0.25, 0.3) is 0 Å². The lowest BCUT2D eigenvalue weighted by Crippen LogP contribution is -2.35. The second-order valence-corrected chi connectivity index (χ2v) is 11.9. The number of nitrogens with one attached hydrogen (secondary N) is 3. The van der Waals surface area contributed by atoms with Crippen molar-refractivity contribution in [3.63, 3.8) is 0 Å². The number of rotatable bonds is 11. The lowest BCUT2D eigenvalue weighted by atomic mass is 10.1. The van der Waals surface area contributed by atoms with E-state index in [0.29, 0.717) is 69.8 Å². The highest BCUT2D eigenvalue weighted by atomic mass is 35.5. The Kier molecular flexibility index (Phi) is 10.1. The molecule has 10 nitrogen and oxygen atoms in total. The maximum atomic E-state index is 13.0. The maximum Gasteiger partial charge on any atom is 0.248 e. The van der Waals surface area contributed by atoms with Crippen LogP contribution in [0, 0.1) is 11.3 Å². The Balaban J connectivity index is 1.43. The molecular formula is C34H35ClN6O4. The van der Waals surface area contributed by atoms with Crippen molar-refractivity contribution in [2.75, 3.05) is 30.4 Å². The lowest BCUT2D eigenvalue weighted by Gasteiger charge is -2.19. The number of nitriles is 1. The largest absolute Gasteiger partial charge is 0.486 e. The number of anilines is 3. The van der Waals surface area contributed by atoms with Crippen molar-refractivity contribution in [1.82, 2.24) is 15.3 Å². The summed E-state index contributed by atoms with van der Waals surface area (Å²) < 4.78 is 17.6. The van der Waals surface area contributed by atoms with Crippen LogP contribution in [0.5, 0.6) is 11.5 Å². The van der Waals surface area contributed by atoms with Gasteiger partial charge in [0.1, 0.15) is 30.3 Å². The maximum absolute atomic E-state index is 13.0. The van der Waals surface area contributed by atoms with Crippen LogP contribution in [0.1, 0.15) is 38.4 Å². The first-order chi connectivity index (χ1) is 21.7. The van der Waals surface area contributed by atoms with Crippen molar-refractivity contribution in [2.45, 2.75) is 45.4 Å². The predicted octanol–water partition coefficient (Wildman–Crippen LogP) is 6.53. The average Bonchev–Trinajstić information content (AvgIpc) is 3.53. The third kappa shape index (κ3) is 8.70. The third-order valence-corrected chi connectivity index (χ3v) is 7.15. The number of benzene rings is 2. The normalized spacial score (nSPS) is 14.8. The second kappa shape index (κ2) is 14.4. The topological polar surface area (TPSA) is 130 Å². The Morgan fingerprint density at radius 1 is 1.18 bits per heavy atom. The van der Waals surface area contributed by atoms with Crippen LogP contribution >= 0.6 is 11.6 Å². The smallest absolute Gasteiger partial charge is 0.248 e. The molecule has 1 amide bonds. The Labute approximate surface area is 267 Å². The summed E-state index contributed by atoms with van der Waals surface area (Å²) in [6.07, 6.45) is 7.04. The zero-order chi connectivity index (χ0) is 31.8. The number of nitrogens with zero attached hydrogens (tertiary/aromatic N) is 3. The minimum atomic E-state index is -0.315. The standard InChI is InChI=1S/C34H35ClN6O4/c1-34(2,3)39-13-6-8-32(42)41-29-16-26-28(17-31(29)45-25-11-14-43-21-25)38-19-22(18-36)33(26)40-23-9-10-30(27(35)15-23)44-20-24-7-4-5-12-37-24/h4-10,12,15-17,19,25,39H,11,13-14,20-21H2,1-3H3,(H,38,40)(H,41,42)/b8-6+/t25-/m0/s1. The summed E-state index contributed by atoms with van der Waals surface area (Å²) in [4.78, 5) is 21.7. The van der Waals surface area contributed by atoms with Crippen LogP contribution in [-0.4, -0.2) is 47.3 Å².